The van der Waals surface area contributed by atoms with Crippen molar-refractivity contribution in [3.8, 4) is 0 Å². The van der Waals surface area contributed by atoms with Crippen LogP contribution in [0.2, 0.25) is 0 Å². The molecule has 0 aromatic rings. The Hall–Kier alpha value is -0.570. The average Bonchev–Trinajstić information content (AvgIpc) is 2.32. The molecule has 0 aromatic carbocycles. The van der Waals surface area contributed by atoms with E-state index in [9.17, 15) is 4.79 Å². The van der Waals surface area contributed by atoms with Gasteiger partial charge in [-0.25, -0.2) is 0 Å². The van der Waals surface area contributed by atoms with Crippen molar-refractivity contribution in [3.05, 3.63) is 0 Å². The molecular weight excluding hydrogens is 156 g/mol. The zero-order valence-electron chi connectivity index (χ0n) is 7.92. The van der Waals surface area contributed by atoms with Gasteiger partial charge in [0.2, 0.25) is 0 Å². The van der Waals surface area contributed by atoms with Gasteiger partial charge in [0.15, 0.2) is 0 Å². The summed E-state index contributed by atoms with van der Waals surface area (Å²) in [5.74, 6) is -0.240. The maximum absolute atomic E-state index is 10.7. The predicted molar refractivity (Wildman–Crippen MR) is 44.8 cm³/mol. The number of hydrogen-bond donors (Lipinski definition) is 0. The van der Waals surface area contributed by atoms with Crippen LogP contribution in [0.15, 0.2) is 0 Å². The monoisotopic (exact) mass is 172 g/mol. The van der Waals surface area contributed by atoms with E-state index in [4.69, 9.17) is 9.47 Å². The molecule has 0 radical (unpaired) electrons. The topological polar surface area (TPSA) is 35.5 Å². The molecule has 3 heteroatoms. The van der Waals surface area contributed by atoms with Gasteiger partial charge in [0.05, 0.1) is 6.10 Å². The van der Waals surface area contributed by atoms with Crippen LogP contribution in [0, 0.1) is 0 Å². The Morgan fingerprint density at radius 3 is 2.67 bits per heavy atom. The Balaban J connectivity index is 2.50. The number of esters is 1. The molecule has 0 spiro atoms. The highest BCUT2D eigenvalue weighted by Gasteiger charge is 2.35. The van der Waals surface area contributed by atoms with E-state index in [1.165, 1.54) is 6.92 Å². The van der Waals surface area contributed by atoms with Crippen LogP contribution in [0.4, 0.5) is 0 Å². The second-order valence-electron chi connectivity index (χ2n) is 3.70. The second kappa shape index (κ2) is 3.44. The summed E-state index contributed by atoms with van der Waals surface area (Å²) in [6.07, 6.45) is 2.12. The van der Waals surface area contributed by atoms with Crippen LogP contribution in [-0.4, -0.2) is 24.3 Å². The summed E-state index contributed by atoms with van der Waals surface area (Å²) in [7, 11) is 0. The first-order valence-electron chi connectivity index (χ1n) is 4.33. The molecule has 0 aliphatic carbocycles. The molecule has 3 nitrogen and oxygen atoms in total. The lowest BCUT2D eigenvalue weighted by atomic mass is 9.99. The van der Waals surface area contributed by atoms with Crippen LogP contribution in [0.25, 0.3) is 0 Å². The molecule has 1 rings (SSSR count). The molecule has 70 valence electrons. The molecular formula is C9H16O3. The van der Waals surface area contributed by atoms with E-state index < -0.39 is 5.60 Å². The molecule has 0 bridgehead atoms. The Morgan fingerprint density at radius 1 is 1.58 bits per heavy atom. The minimum Gasteiger partial charge on any atom is -0.457 e. The molecule has 0 saturated carbocycles. The summed E-state index contributed by atoms with van der Waals surface area (Å²) in [6.45, 7) is 6.00. The fourth-order valence-electron chi connectivity index (χ4n) is 1.56. The molecule has 1 aliphatic heterocycles. The van der Waals surface area contributed by atoms with Crippen molar-refractivity contribution in [2.45, 2.75) is 45.3 Å². The molecule has 12 heavy (non-hydrogen) atoms. The molecule has 0 aromatic heterocycles. The van der Waals surface area contributed by atoms with Crippen LogP contribution in [0.3, 0.4) is 0 Å². The summed E-state index contributed by atoms with van der Waals surface area (Å²) in [5.41, 5.74) is -0.470. The molecule has 1 fully saturated rings. The van der Waals surface area contributed by atoms with Crippen LogP contribution in [0.5, 0.6) is 0 Å². The highest BCUT2D eigenvalue weighted by atomic mass is 16.6. The van der Waals surface area contributed by atoms with Gasteiger partial charge in [-0.3, -0.25) is 4.79 Å². The Bertz CT molecular complexity index is 169. The van der Waals surface area contributed by atoms with Crippen molar-refractivity contribution in [2.24, 2.45) is 0 Å². The lowest BCUT2D eigenvalue weighted by Crippen LogP contribution is -2.39. The zero-order chi connectivity index (χ0) is 9.19. The predicted octanol–water partition coefficient (Wildman–Crippen LogP) is 1.51. The van der Waals surface area contributed by atoms with Gasteiger partial charge in [0, 0.05) is 13.5 Å². The molecule has 1 saturated heterocycles. The van der Waals surface area contributed by atoms with Crippen LogP contribution >= 0.6 is 0 Å². The van der Waals surface area contributed by atoms with Gasteiger partial charge in [-0.15, -0.1) is 0 Å². The number of carbonyl (C=O) groups is 1. The third kappa shape index (κ3) is 2.21. The summed E-state index contributed by atoms with van der Waals surface area (Å²) < 4.78 is 10.6. The maximum Gasteiger partial charge on any atom is 0.303 e. The van der Waals surface area contributed by atoms with E-state index in [1.54, 1.807) is 0 Å². The average molecular weight is 172 g/mol. The Labute approximate surface area is 73.0 Å². The lowest BCUT2D eigenvalue weighted by molar-refractivity contribution is -0.165. The summed E-state index contributed by atoms with van der Waals surface area (Å²) in [6, 6.07) is 0. The molecule has 1 unspecified atom stereocenters. The van der Waals surface area contributed by atoms with E-state index >= 15 is 0 Å². The summed E-state index contributed by atoms with van der Waals surface area (Å²) >= 11 is 0. The standard InChI is InChI=1S/C9H16O3/c1-7(10)12-9(2,3)8-5-4-6-11-8/h8H,4-6H2,1-3H3. The van der Waals surface area contributed by atoms with Crippen molar-refractivity contribution in [1.29, 1.82) is 0 Å². The van der Waals surface area contributed by atoms with Gasteiger partial charge in [0.25, 0.3) is 0 Å². The number of rotatable bonds is 2. The second-order valence-corrected chi connectivity index (χ2v) is 3.70. The number of carbonyl (C=O) groups excluding carboxylic acids is 1. The van der Waals surface area contributed by atoms with Gasteiger partial charge >= 0.3 is 5.97 Å². The summed E-state index contributed by atoms with van der Waals surface area (Å²) in [4.78, 5) is 10.7. The molecule has 0 N–H and O–H groups in total. The Morgan fingerprint density at radius 2 is 2.25 bits per heavy atom. The largest absolute Gasteiger partial charge is 0.457 e. The fraction of sp³-hybridized carbons (Fsp3) is 0.889. The van der Waals surface area contributed by atoms with E-state index in [2.05, 4.69) is 0 Å². The zero-order valence-corrected chi connectivity index (χ0v) is 7.92. The van der Waals surface area contributed by atoms with E-state index in [0.29, 0.717) is 0 Å². The molecule has 0 amide bonds. The first kappa shape index (κ1) is 9.52. The Kier molecular flexibility index (Phi) is 2.73. The highest BCUT2D eigenvalue weighted by molar-refractivity contribution is 5.66. The quantitative estimate of drug-likeness (QED) is 0.592. The van der Waals surface area contributed by atoms with Crippen LogP contribution in [0.1, 0.15) is 33.6 Å². The van der Waals surface area contributed by atoms with Gasteiger partial charge in [-0.05, 0) is 26.7 Å². The van der Waals surface area contributed by atoms with E-state index in [1.807, 2.05) is 13.8 Å². The third-order valence-electron chi connectivity index (χ3n) is 2.11. The van der Waals surface area contributed by atoms with Crippen molar-refractivity contribution in [1.82, 2.24) is 0 Å². The highest BCUT2D eigenvalue weighted by Crippen LogP contribution is 2.26. The van der Waals surface area contributed by atoms with Crippen molar-refractivity contribution < 1.29 is 14.3 Å². The molecule has 1 atom stereocenters. The van der Waals surface area contributed by atoms with E-state index in [-0.39, 0.29) is 12.1 Å². The maximum atomic E-state index is 10.7. The number of hydrogen-bond acceptors (Lipinski definition) is 3. The van der Waals surface area contributed by atoms with Crippen molar-refractivity contribution in [3.63, 3.8) is 0 Å². The van der Waals surface area contributed by atoms with Crippen molar-refractivity contribution >= 4 is 5.97 Å². The molecule has 1 aliphatic rings. The normalized spacial score (nSPS) is 24.1. The van der Waals surface area contributed by atoms with Crippen LogP contribution < -0.4 is 0 Å². The van der Waals surface area contributed by atoms with Gasteiger partial charge < -0.3 is 9.47 Å². The lowest BCUT2D eigenvalue weighted by Gasteiger charge is -2.29. The SMILES string of the molecule is CC(=O)OC(C)(C)C1CCCO1. The molecule has 1 heterocycles. The summed E-state index contributed by atoms with van der Waals surface area (Å²) in [5, 5.41) is 0. The van der Waals surface area contributed by atoms with Gasteiger partial charge in [-0.1, -0.05) is 0 Å². The first-order valence-corrected chi connectivity index (χ1v) is 4.33. The van der Waals surface area contributed by atoms with E-state index in [0.717, 1.165) is 19.4 Å². The third-order valence-corrected chi connectivity index (χ3v) is 2.11. The fourth-order valence-corrected chi connectivity index (χ4v) is 1.56. The van der Waals surface area contributed by atoms with Gasteiger partial charge in [-0.2, -0.15) is 0 Å². The minimum atomic E-state index is -0.470. The first-order chi connectivity index (χ1) is 5.52. The van der Waals surface area contributed by atoms with Crippen LogP contribution in [-0.2, 0) is 14.3 Å². The van der Waals surface area contributed by atoms with Crippen molar-refractivity contribution in [2.75, 3.05) is 6.61 Å². The number of ether oxygens (including phenoxy) is 2. The minimum absolute atomic E-state index is 0.0707. The smallest absolute Gasteiger partial charge is 0.303 e. The van der Waals surface area contributed by atoms with Gasteiger partial charge in [0.1, 0.15) is 5.60 Å².